The lowest BCUT2D eigenvalue weighted by molar-refractivity contribution is 0.378. The SMILES string of the molecule is [C-]#[N+]Cc1cnc(OC)nc1C. The second kappa shape index (κ2) is 3.67. The van der Waals surface area contributed by atoms with Gasteiger partial charge in [0.05, 0.1) is 18.4 Å². The highest BCUT2D eigenvalue weighted by Gasteiger charge is 2.04. The van der Waals surface area contributed by atoms with E-state index in [0.717, 1.165) is 11.3 Å². The van der Waals surface area contributed by atoms with Crippen LogP contribution in [0.3, 0.4) is 0 Å². The van der Waals surface area contributed by atoms with Crippen LogP contribution in [0.25, 0.3) is 4.85 Å². The summed E-state index contributed by atoms with van der Waals surface area (Å²) in [5.74, 6) is 0. The third kappa shape index (κ3) is 1.70. The van der Waals surface area contributed by atoms with Crippen LogP contribution in [0.5, 0.6) is 6.01 Å². The van der Waals surface area contributed by atoms with Crippen molar-refractivity contribution in [1.82, 2.24) is 9.97 Å². The second-order valence-electron chi connectivity index (χ2n) is 2.28. The van der Waals surface area contributed by atoms with E-state index in [-0.39, 0.29) is 0 Å². The molecule has 1 aromatic rings. The molecule has 1 rings (SSSR count). The zero-order valence-corrected chi connectivity index (χ0v) is 7.03. The van der Waals surface area contributed by atoms with Crippen molar-refractivity contribution in [2.75, 3.05) is 7.11 Å². The molecule has 0 saturated heterocycles. The highest BCUT2D eigenvalue weighted by molar-refractivity contribution is 5.18. The third-order valence-corrected chi connectivity index (χ3v) is 1.49. The van der Waals surface area contributed by atoms with E-state index in [1.165, 1.54) is 7.11 Å². The summed E-state index contributed by atoms with van der Waals surface area (Å²) in [6.07, 6.45) is 1.62. The molecule has 0 fully saturated rings. The van der Waals surface area contributed by atoms with Crippen LogP contribution >= 0.6 is 0 Å². The first-order chi connectivity index (χ1) is 5.77. The van der Waals surface area contributed by atoms with Gasteiger partial charge in [-0.15, -0.1) is 0 Å². The maximum atomic E-state index is 6.67. The molecule has 0 atom stereocenters. The minimum Gasteiger partial charge on any atom is -0.467 e. The molecule has 4 heteroatoms. The molecule has 0 radical (unpaired) electrons. The van der Waals surface area contributed by atoms with Gasteiger partial charge in [0, 0.05) is 6.20 Å². The van der Waals surface area contributed by atoms with Crippen LogP contribution in [0.1, 0.15) is 11.3 Å². The quantitative estimate of drug-likeness (QED) is 0.615. The van der Waals surface area contributed by atoms with Crippen molar-refractivity contribution in [2.45, 2.75) is 13.5 Å². The van der Waals surface area contributed by atoms with Gasteiger partial charge in [0.1, 0.15) is 0 Å². The second-order valence-corrected chi connectivity index (χ2v) is 2.28. The minimum atomic E-state index is 0.329. The third-order valence-electron chi connectivity index (χ3n) is 1.49. The average Bonchev–Trinajstić information content (AvgIpc) is 2.09. The van der Waals surface area contributed by atoms with Gasteiger partial charge >= 0.3 is 6.01 Å². The normalized spacial score (nSPS) is 9.08. The minimum absolute atomic E-state index is 0.329. The van der Waals surface area contributed by atoms with E-state index in [1.54, 1.807) is 6.20 Å². The first-order valence-corrected chi connectivity index (χ1v) is 3.47. The Balaban J connectivity index is 2.97. The molecule has 62 valence electrons. The molecule has 4 nitrogen and oxygen atoms in total. The van der Waals surface area contributed by atoms with E-state index in [9.17, 15) is 0 Å². The van der Waals surface area contributed by atoms with Crippen molar-refractivity contribution in [2.24, 2.45) is 0 Å². The van der Waals surface area contributed by atoms with Gasteiger partial charge in [0.15, 0.2) is 0 Å². The first-order valence-electron chi connectivity index (χ1n) is 3.47. The van der Waals surface area contributed by atoms with Crippen LogP contribution in [0, 0.1) is 13.5 Å². The van der Waals surface area contributed by atoms with E-state index >= 15 is 0 Å². The van der Waals surface area contributed by atoms with E-state index in [4.69, 9.17) is 11.3 Å². The van der Waals surface area contributed by atoms with E-state index in [1.807, 2.05) is 6.92 Å². The van der Waals surface area contributed by atoms with Crippen molar-refractivity contribution in [3.05, 3.63) is 28.9 Å². The zero-order valence-electron chi connectivity index (χ0n) is 7.03. The Morgan fingerprint density at radius 3 is 2.92 bits per heavy atom. The Hall–Kier alpha value is -1.63. The fourth-order valence-corrected chi connectivity index (χ4v) is 0.809. The fourth-order valence-electron chi connectivity index (χ4n) is 0.809. The molecule has 0 aliphatic rings. The van der Waals surface area contributed by atoms with E-state index in [0.29, 0.717) is 12.6 Å². The number of hydrogen-bond acceptors (Lipinski definition) is 3. The highest BCUT2D eigenvalue weighted by atomic mass is 16.5. The molecule has 0 unspecified atom stereocenters. The van der Waals surface area contributed by atoms with Crippen molar-refractivity contribution in [3.63, 3.8) is 0 Å². The molecule has 0 bridgehead atoms. The Kier molecular flexibility index (Phi) is 2.59. The maximum absolute atomic E-state index is 6.67. The summed E-state index contributed by atoms with van der Waals surface area (Å²) in [5, 5.41) is 0. The summed E-state index contributed by atoms with van der Waals surface area (Å²) < 4.78 is 4.83. The van der Waals surface area contributed by atoms with Gasteiger partial charge < -0.3 is 9.58 Å². The molecule has 0 spiro atoms. The lowest BCUT2D eigenvalue weighted by Gasteiger charge is -2.00. The van der Waals surface area contributed by atoms with Gasteiger partial charge in [0.25, 0.3) is 0 Å². The largest absolute Gasteiger partial charge is 0.467 e. The van der Waals surface area contributed by atoms with Gasteiger partial charge in [0.2, 0.25) is 6.54 Å². The Labute approximate surface area is 71.0 Å². The van der Waals surface area contributed by atoms with Gasteiger partial charge in [-0.1, -0.05) is 0 Å². The molecule has 0 aromatic carbocycles. The molecule has 0 amide bonds. The van der Waals surface area contributed by atoms with Gasteiger partial charge in [-0.2, -0.15) is 0 Å². The predicted octanol–water partition coefficient (Wildman–Crippen LogP) is 1.21. The fraction of sp³-hybridized carbons (Fsp3) is 0.375. The lowest BCUT2D eigenvalue weighted by Crippen LogP contribution is -1.97. The number of ether oxygens (including phenoxy) is 1. The summed E-state index contributed by atoms with van der Waals surface area (Å²) in [5.41, 5.74) is 1.66. The Morgan fingerprint density at radius 1 is 1.67 bits per heavy atom. The Bertz CT molecular complexity index is 317. The van der Waals surface area contributed by atoms with Gasteiger partial charge in [-0.25, -0.2) is 16.5 Å². The van der Waals surface area contributed by atoms with Gasteiger partial charge in [-0.05, 0) is 6.92 Å². The first kappa shape index (κ1) is 8.47. The zero-order chi connectivity index (χ0) is 8.97. The van der Waals surface area contributed by atoms with Crippen LogP contribution < -0.4 is 4.74 Å². The number of nitrogens with zero attached hydrogens (tertiary/aromatic N) is 3. The van der Waals surface area contributed by atoms with Crippen LogP contribution in [0.4, 0.5) is 0 Å². The molecule has 0 aliphatic heterocycles. The lowest BCUT2D eigenvalue weighted by atomic mass is 10.2. The van der Waals surface area contributed by atoms with Crippen molar-refractivity contribution in [3.8, 4) is 6.01 Å². The molecule has 1 aromatic heterocycles. The maximum Gasteiger partial charge on any atom is 0.316 e. The number of hydrogen-bond donors (Lipinski definition) is 0. The van der Waals surface area contributed by atoms with Crippen molar-refractivity contribution in [1.29, 1.82) is 0 Å². The standard InChI is InChI=1S/C8H9N3O/c1-6-7(4-9-2)5-10-8(11-6)12-3/h5H,4H2,1,3H3. The molecular weight excluding hydrogens is 154 g/mol. The predicted molar refractivity (Wildman–Crippen MR) is 43.6 cm³/mol. The van der Waals surface area contributed by atoms with Crippen LogP contribution in [0.15, 0.2) is 6.20 Å². The van der Waals surface area contributed by atoms with Crippen LogP contribution in [-0.2, 0) is 6.54 Å². The molecule has 0 saturated carbocycles. The molecule has 0 aliphatic carbocycles. The van der Waals surface area contributed by atoms with Crippen LogP contribution in [-0.4, -0.2) is 17.1 Å². The average molecular weight is 163 g/mol. The number of aryl methyl sites for hydroxylation is 1. The number of aromatic nitrogens is 2. The topological polar surface area (TPSA) is 39.4 Å². The summed E-state index contributed by atoms with van der Waals surface area (Å²) >= 11 is 0. The van der Waals surface area contributed by atoms with Crippen molar-refractivity contribution < 1.29 is 4.74 Å². The number of rotatable bonds is 2. The molecule has 12 heavy (non-hydrogen) atoms. The molecular formula is C8H9N3O. The summed E-state index contributed by atoms with van der Waals surface area (Å²) in [7, 11) is 1.52. The van der Waals surface area contributed by atoms with Crippen LogP contribution in [0.2, 0.25) is 0 Å². The highest BCUT2D eigenvalue weighted by Crippen LogP contribution is 2.08. The summed E-state index contributed by atoms with van der Waals surface area (Å²) in [4.78, 5) is 11.2. The molecule has 0 N–H and O–H groups in total. The van der Waals surface area contributed by atoms with E-state index in [2.05, 4.69) is 14.8 Å². The Morgan fingerprint density at radius 2 is 2.42 bits per heavy atom. The van der Waals surface area contributed by atoms with E-state index < -0.39 is 0 Å². The monoisotopic (exact) mass is 163 g/mol. The van der Waals surface area contributed by atoms with Gasteiger partial charge in [-0.3, -0.25) is 0 Å². The summed E-state index contributed by atoms with van der Waals surface area (Å²) in [6.45, 7) is 8.84. The smallest absolute Gasteiger partial charge is 0.316 e. The summed E-state index contributed by atoms with van der Waals surface area (Å²) in [6, 6.07) is 0.348. The molecule has 1 heterocycles. The number of methoxy groups -OCH3 is 1. The van der Waals surface area contributed by atoms with Crippen molar-refractivity contribution >= 4 is 0 Å².